The Labute approximate surface area is 98.3 Å². The maximum absolute atomic E-state index is 12.1. The lowest BCUT2D eigenvalue weighted by atomic mass is 10.2. The van der Waals surface area contributed by atoms with Gasteiger partial charge in [0.2, 0.25) is 0 Å². The molecule has 0 amide bonds. The molecule has 86 valence electrons. The lowest BCUT2D eigenvalue weighted by Crippen LogP contribution is -2.04. The predicted molar refractivity (Wildman–Crippen MR) is 58.6 cm³/mol. The van der Waals surface area contributed by atoms with Gasteiger partial charge < -0.3 is 0 Å². The molecule has 0 saturated heterocycles. The van der Waals surface area contributed by atoms with Crippen LogP contribution in [0.25, 0.3) is 0 Å². The third kappa shape index (κ3) is 5.21. The first-order chi connectivity index (χ1) is 6.04. The highest BCUT2D eigenvalue weighted by Gasteiger charge is 2.30. The zero-order chi connectivity index (χ0) is 9.90. The maximum Gasteiger partial charge on any atom is 0.445 e. The van der Waals surface area contributed by atoms with Crippen molar-refractivity contribution in [3.05, 3.63) is 29.8 Å². The van der Waals surface area contributed by atoms with E-state index in [9.17, 15) is 17.7 Å². The average molecular weight is 281 g/mol. The molecule has 0 spiro atoms. The van der Waals surface area contributed by atoms with Crippen molar-refractivity contribution in [2.75, 3.05) is 5.09 Å². The molecule has 1 atom stereocenters. The van der Waals surface area contributed by atoms with Gasteiger partial charge in [0.05, 0.1) is 11.3 Å². The number of nitrogens with one attached hydrogen (secondary N) is 1. The molecule has 0 saturated carbocycles. The standard InChI is InChI=1S/C7H5F3NOP.2ClH/c8-7(9,10)5-2-1-3-6(4-5)11-13-12;;/h1-4H,(H,11,12);2*1H/p+1. The molecule has 8 heteroatoms. The summed E-state index contributed by atoms with van der Waals surface area (Å²) in [6.07, 6.45) is -4.36. The highest BCUT2D eigenvalue weighted by molar-refractivity contribution is 7.25. The summed E-state index contributed by atoms with van der Waals surface area (Å²) in [4.78, 5) is 0. The molecule has 15 heavy (non-hydrogen) atoms. The van der Waals surface area contributed by atoms with E-state index in [1.807, 2.05) is 0 Å². The van der Waals surface area contributed by atoms with Gasteiger partial charge in [0, 0.05) is 0 Å². The number of halogens is 5. The fourth-order valence-electron chi connectivity index (χ4n) is 0.832. The van der Waals surface area contributed by atoms with Crippen molar-refractivity contribution in [3.63, 3.8) is 0 Å². The second kappa shape index (κ2) is 6.88. The van der Waals surface area contributed by atoms with Gasteiger partial charge in [-0.3, -0.25) is 0 Å². The topological polar surface area (TPSA) is 29.1 Å². The van der Waals surface area contributed by atoms with Crippen LogP contribution in [0.15, 0.2) is 24.3 Å². The molecule has 0 aliphatic heterocycles. The number of rotatable bonds is 2. The first kappa shape index (κ1) is 16.9. The Balaban J connectivity index is 0. The molecule has 0 aromatic heterocycles. The van der Waals surface area contributed by atoms with Crippen LogP contribution in [0.3, 0.4) is 0 Å². The Kier molecular flexibility index (Phi) is 7.75. The smallest absolute Gasteiger partial charge is 0.181 e. The summed E-state index contributed by atoms with van der Waals surface area (Å²) in [7, 11) is -0.852. The second-order valence-corrected chi connectivity index (χ2v) is 2.76. The van der Waals surface area contributed by atoms with Crippen LogP contribution in [0.1, 0.15) is 5.56 Å². The molecule has 1 unspecified atom stereocenters. The van der Waals surface area contributed by atoms with Crippen molar-refractivity contribution in [1.29, 1.82) is 0 Å². The van der Waals surface area contributed by atoms with Crippen molar-refractivity contribution in [2.24, 2.45) is 0 Å². The molecule has 0 aliphatic carbocycles. The molecule has 0 fully saturated rings. The lowest BCUT2D eigenvalue weighted by Gasteiger charge is -2.05. The van der Waals surface area contributed by atoms with Crippen LogP contribution in [0, 0.1) is 0 Å². The van der Waals surface area contributed by atoms with E-state index in [0.29, 0.717) is 0 Å². The normalized spacial score (nSPS) is 10.1. The van der Waals surface area contributed by atoms with E-state index in [1.54, 1.807) is 0 Å². The van der Waals surface area contributed by atoms with Gasteiger partial charge in [-0.2, -0.15) is 18.3 Å². The van der Waals surface area contributed by atoms with Crippen LogP contribution in [0.4, 0.5) is 18.9 Å². The Morgan fingerprint density at radius 1 is 1.20 bits per heavy atom. The average Bonchev–Trinajstić information content (AvgIpc) is 2.04. The molecular formula is C7H8Cl2F3NOP+. The second-order valence-electron chi connectivity index (χ2n) is 2.31. The number of hydrogen-bond donors (Lipinski definition) is 1. The van der Waals surface area contributed by atoms with Crippen molar-refractivity contribution in [3.8, 4) is 0 Å². The molecule has 1 aromatic carbocycles. The van der Waals surface area contributed by atoms with Gasteiger partial charge >= 0.3 is 14.8 Å². The van der Waals surface area contributed by atoms with Crippen molar-refractivity contribution in [1.82, 2.24) is 0 Å². The summed E-state index contributed by atoms with van der Waals surface area (Å²) in [5, 5.41) is 2.29. The summed E-state index contributed by atoms with van der Waals surface area (Å²) >= 11 is 0. The van der Waals surface area contributed by atoms with Crippen molar-refractivity contribution in [2.45, 2.75) is 6.18 Å². The molecule has 0 bridgehead atoms. The Bertz CT molecular complexity index is 321. The number of alkyl halides is 3. The summed E-state index contributed by atoms with van der Waals surface area (Å²) < 4.78 is 46.4. The van der Waals surface area contributed by atoms with E-state index in [-0.39, 0.29) is 30.5 Å². The minimum absolute atomic E-state index is 0. The molecule has 0 heterocycles. The largest absolute Gasteiger partial charge is 0.445 e. The molecule has 1 aromatic rings. The van der Waals surface area contributed by atoms with Gasteiger partial charge in [0.15, 0.2) is 0 Å². The fourth-order valence-corrected chi connectivity index (χ4v) is 1.11. The summed E-state index contributed by atoms with van der Waals surface area (Å²) in [5.74, 6) is 0. The van der Waals surface area contributed by atoms with E-state index in [4.69, 9.17) is 0 Å². The van der Waals surface area contributed by atoms with E-state index < -0.39 is 20.4 Å². The van der Waals surface area contributed by atoms with Crippen LogP contribution in [0.2, 0.25) is 0 Å². The fraction of sp³-hybridized carbons (Fsp3) is 0.143. The molecule has 0 aliphatic rings. The highest BCUT2D eigenvalue weighted by atomic mass is 35.5. The van der Waals surface area contributed by atoms with Gasteiger partial charge in [-0.25, -0.2) is 0 Å². The zero-order valence-corrected chi connectivity index (χ0v) is 9.80. The van der Waals surface area contributed by atoms with Gasteiger partial charge in [-0.1, -0.05) is 6.07 Å². The Hall–Kier alpha value is -0.510. The van der Waals surface area contributed by atoms with Crippen molar-refractivity contribution >= 4 is 39.1 Å². The van der Waals surface area contributed by atoms with E-state index in [1.165, 1.54) is 12.1 Å². The molecule has 2 nitrogen and oxygen atoms in total. The quantitative estimate of drug-likeness (QED) is 0.833. The number of hydrogen-bond acceptors (Lipinski definition) is 1. The van der Waals surface area contributed by atoms with Crippen LogP contribution < -0.4 is 5.09 Å². The van der Waals surface area contributed by atoms with Gasteiger partial charge in [-0.05, 0) is 22.8 Å². The lowest BCUT2D eigenvalue weighted by molar-refractivity contribution is -0.137. The SMILES string of the molecule is Cl.Cl.O=[PH+]Nc1cccc(C(F)(F)F)c1. The number of anilines is 1. The molecular weight excluding hydrogens is 273 g/mol. The third-order valence-corrected chi connectivity index (χ3v) is 1.78. The van der Waals surface area contributed by atoms with Gasteiger partial charge in [0.25, 0.3) is 0 Å². The van der Waals surface area contributed by atoms with E-state index >= 15 is 0 Å². The zero-order valence-electron chi connectivity index (χ0n) is 7.17. The van der Waals surface area contributed by atoms with Crippen LogP contribution >= 0.6 is 33.4 Å². The minimum Gasteiger partial charge on any atom is -0.181 e. The van der Waals surface area contributed by atoms with Gasteiger partial charge in [0.1, 0.15) is 0 Å². The Morgan fingerprint density at radius 2 is 1.80 bits per heavy atom. The molecule has 1 N–H and O–H groups in total. The van der Waals surface area contributed by atoms with E-state index in [2.05, 4.69) is 5.09 Å². The maximum atomic E-state index is 12.1. The van der Waals surface area contributed by atoms with Gasteiger partial charge in [-0.15, -0.1) is 24.8 Å². The molecule has 1 rings (SSSR count). The monoisotopic (exact) mass is 280 g/mol. The summed E-state index contributed by atoms with van der Waals surface area (Å²) in [5.41, 5.74) is -0.557. The highest BCUT2D eigenvalue weighted by Crippen LogP contribution is 2.30. The van der Waals surface area contributed by atoms with Crippen LogP contribution in [0.5, 0.6) is 0 Å². The predicted octanol–water partition coefficient (Wildman–Crippen LogP) is 3.90. The first-order valence-corrected chi connectivity index (χ1v) is 4.25. The molecule has 0 radical (unpaired) electrons. The Morgan fingerprint density at radius 3 is 2.27 bits per heavy atom. The third-order valence-electron chi connectivity index (χ3n) is 1.39. The minimum atomic E-state index is -4.36. The van der Waals surface area contributed by atoms with E-state index in [0.717, 1.165) is 12.1 Å². The van der Waals surface area contributed by atoms with Crippen LogP contribution in [-0.2, 0) is 10.7 Å². The van der Waals surface area contributed by atoms with Crippen LogP contribution in [-0.4, -0.2) is 0 Å². The summed E-state index contributed by atoms with van der Waals surface area (Å²) in [6, 6.07) is 4.54. The number of benzene rings is 1. The first-order valence-electron chi connectivity index (χ1n) is 3.34. The summed E-state index contributed by atoms with van der Waals surface area (Å²) in [6.45, 7) is 0. The van der Waals surface area contributed by atoms with Crippen molar-refractivity contribution < 1.29 is 17.7 Å².